The highest BCUT2D eigenvalue weighted by atomic mass is 16.5. The first-order valence-corrected chi connectivity index (χ1v) is 6.61. The largest absolute Gasteiger partial charge is 0.466 e. The van der Waals surface area contributed by atoms with Gasteiger partial charge in [-0.15, -0.1) is 0 Å². The molecule has 92 valence electrons. The third-order valence-corrected chi connectivity index (χ3v) is 4.52. The summed E-state index contributed by atoms with van der Waals surface area (Å²) in [6.07, 6.45) is 3.76. The molecule has 0 amide bonds. The van der Waals surface area contributed by atoms with Crippen LogP contribution in [0.3, 0.4) is 0 Å². The molecule has 0 spiro atoms. The van der Waals surface area contributed by atoms with Gasteiger partial charge in [0, 0.05) is 0 Å². The van der Waals surface area contributed by atoms with Crippen LogP contribution < -0.4 is 0 Å². The molecule has 4 atom stereocenters. The van der Waals surface area contributed by atoms with Gasteiger partial charge >= 0.3 is 5.97 Å². The highest BCUT2D eigenvalue weighted by molar-refractivity contribution is 5.76. The van der Waals surface area contributed by atoms with Gasteiger partial charge in [-0.1, -0.05) is 20.8 Å². The molecule has 0 radical (unpaired) electrons. The van der Waals surface area contributed by atoms with Crippen LogP contribution in [0, 0.1) is 29.1 Å². The Kier molecular flexibility index (Phi) is 3.02. The molecule has 0 bridgehead atoms. The van der Waals surface area contributed by atoms with Crippen LogP contribution in [-0.4, -0.2) is 12.6 Å². The Bertz CT molecular complexity index is 277. The molecular formula is C14H24O2. The number of fused-ring (bicyclic) bond motifs is 1. The average molecular weight is 224 g/mol. The van der Waals surface area contributed by atoms with Crippen LogP contribution in [-0.2, 0) is 9.53 Å². The Morgan fingerprint density at radius 3 is 2.50 bits per heavy atom. The lowest BCUT2D eigenvalue weighted by Crippen LogP contribution is -2.23. The van der Waals surface area contributed by atoms with Gasteiger partial charge in [-0.2, -0.15) is 0 Å². The summed E-state index contributed by atoms with van der Waals surface area (Å²) in [6.45, 7) is 9.37. The fourth-order valence-corrected chi connectivity index (χ4v) is 3.37. The topological polar surface area (TPSA) is 26.3 Å². The van der Waals surface area contributed by atoms with Crippen molar-refractivity contribution in [2.75, 3.05) is 6.61 Å². The fourth-order valence-electron chi connectivity index (χ4n) is 3.37. The summed E-state index contributed by atoms with van der Waals surface area (Å²) < 4.78 is 5.14. The summed E-state index contributed by atoms with van der Waals surface area (Å²) in [5.41, 5.74) is 0.396. The van der Waals surface area contributed by atoms with Gasteiger partial charge in [0.2, 0.25) is 0 Å². The standard InChI is InChI=1S/C14H24O2/c1-5-16-13(15)12-10-7-6-9(8-11(10)12)14(2,3)4/h9-12H,5-8H2,1-4H3. The number of rotatable bonds is 2. The monoisotopic (exact) mass is 224 g/mol. The van der Waals surface area contributed by atoms with Gasteiger partial charge in [0.1, 0.15) is 0 Å². The van der Waals surface area contributed by atoms with E-state index in [1.807, 2.05) is 6.92 Å². The normalized spacial score (nSPS) is 37.8. The number of hydrogen-bond donors (Lipinski definition) is 0. The zero-order valence-electron chi connectivity index (χ0n) is 11.0. The third kappa shape index (κ3) is 2.11. The van der Waals surface area contributed by atoms with Crippen molar-refractivity contribution in [2.24, 2.45) is 29.1 Å². The van der Waals surface area contributed by atoms with E-state index >= 15 is 0 Å². The van der Waals surface area contributed by atoms with E-state index in [0.717, 1.165) is 5.92 Å². The molecule has 16 heavy (non-hydrogen) atoms. The van der Waals surface area contributed by atoms with E-state index in [9.17, 15) is 4.79 Å². The summed E-state index contributed by atoms with van der Waals surface area (Å²) >= 11 is 0. The van der Waals surface area contributed by atoms with Crippen molar-refractivity contribution in [3.8, 4) is 0 Å². The second-order valence-corrected chi connectivity index (χ2v) is 6.48. The zero-order chi connectivity index (χ0) is 11.9. The van der Waals surface area contributed by atoms with Crippen molar-refractivity contribution in [2.45, 2.75) is 47.0 Å². The maximum atomic E-state index is 11.7. The molecule has 2 heteroatoms. The van der Waals surface area contributed by atoms with E-state index in [2.05, 4.69) is 20.8 Å². The van der Waals surface area contributed by atoms with Crippen molar-refractivity contribution < 1.29 is 9.53 Å². The maximum Gasteiger partial charge on any atom is 0.309 e. The van der Waals surface area contributed by atoms with E-state index in [-0.39, 0.29) is 11.9 Å². The lowest BCUT2D eigenvalue weighted by Gasteiger charge is -2.33. The van der Waals surface area contributed by atoms with Crippen LogP contribution >= 0.6 is 0 Å². The fraction of sp³-hybridized carbons (Fsp3) is 0.929. The second kappa shape index (κ2) is 4.05. The van der Waals surface area contributed by atoms with E-state index in [0.29, 0.717) is 23.9 Å². The van der Waals surface area contributed by atoms with Gasteiger partial charge in [0.25, 0.3) is 0 Å². The smallest absolute Gasteiger partial charge is 0.309 e. The minimum absolute atomic E-state index is 0.0621. The molecule has 4 unspecified atom stereocenters. The molecule has 0 saturated heterocycles. The van der Waals surface area contributed by atoms with Crippen LogP contribution in [0.15, 0.2) is 0 Å². The molecule has 2 rings (SSSR count). The summed E-state index contributed by atoms with van der Waals surface area (Å²) in [4.78, 5) is 11.7. The van der Waals surface area contributed by atoms with Gasteiger partial charge in [0.15, 0.2) is 0 Å². The van der Waals surface area contributed by atoms with Gasteiger partial charge in [0.05, 0.1) is 12.5 Å². The van der Waals surface area contributed by atoms with Crippen molar-refractivity contribution in [3.63, 3.8) is 0 Å². The Hall–Kier alpha value is -0.530. The summed E-state index contributed by atoms with van der Waals surface area (Å²) in [5.74, 6) is 2.38. The Morgan fingerprint density at radius 1 is 1.25 bits per heavy atom. The molecule has 2 fully saturated rings. The Labute approximate surface area is 98.7 Å². The number of carbonyl (C=O) groups excluding carboxylic acids is 1. The maximum absolute atomic E-state index is 11.7. The van der Waals surface area contributed by atoms with E-state index in [1.54, 1.807) is 0 Å². The van der Waals surface area contributed by atoms with Crippen LogP contribution in [0.2, 0.25) is 0 Å². The van der Waals surface area contributed by atoms with Gasteiger partial charge < -0.3 is 4.74 Å². The molecule has 2 saturated carbocycles. The molecule has 0 aromatic heterocycles. The second-order valence-electron chi connectivity index (χ2n) is 6.48. The van der Waals surface area contributed by atoms with Crippen LogP contribution in [0.5, 0.6) is 0 Å². The lowest BCUT2D eigenvalue weighted by atomic mass is 9.72. The summed E-state index contributed by atoms with van der Waals surface area (Å²) in [5, 5.41) is 0. The molecule has 0 aromatic carbocycles. The number of esters is 1. The molecule has 0 heterocycles. The van der Waals surface area contributed by atoms with E-state index in [1.165, 1.54) is 19.3 Å². The first-order valence-electron chi connectivity index (χ1n) is 6.61. The van der Waals surface area contributed by atoms with Gasteiger partial charge in [-0.3, -0.25) is 4.79 Å². The average Bonchev–Trinajstić information content (AvgIpc) is 2.89. The summed E-state index contributed by atoms with van der Waals surface area (Å²) in [7, 11) is 0. The minimum atomic E-state index is 0.0621. The molecule has 2 nitrogen and oxygen atoms in total. The van der Waals surface area contributed by atoms with Crippen LogP contribution in [0.1, 0.15) is 47.0 Å². The Balaban J connectivity index is 1.91. The molecule has 0 aromatic rings. The van der Waals surface area contributed by atoms with Crippen molar-refractivity contribution in [3.05, 3.63) is 0 Å². The first kappa shape index (κ1) is 11.9. The van der Waals surface area contributed by atoms with Crippen molar-refractivity contribution in [1.82, 2.24) is 0 Å². The number of hydrogen-bond acceptors (Lipinski definition) is 2. The summed E-state index contributed by atoms with van der Waals surface area (Å²) in [6, 6.07) is 0. The quantitative estimate of drug-likeness (QED) is 0.673. The number of carbonyl (C=O) groups is 1. The SMILES string of the molecule is CCOC(=O)C1C2CCC(C(C)(C)C)CC21. The van der Waals surface area contributed by atoms with Crippen molar-refractivity contribution in [1.29, 1.82) is 0 Å². The zero-order valence-corrected chi connectivity index (χ0v) is 11.0. The molecular weight excluding hydrogens is 200 g/mol. The third-order valence-electron chi connectivity index (χ3n) is 4.52. The Morgan fingerprint density at radius 2 is 1.94 bits per heavy atom. The van der Waals surface area contributed by atoms with Gasteiger partial charge in [-0.25, -0.2) is 0 Å². The van der Waals surface area contributed by atoms with Crippen molar-refractivity contribution >= 4 is 5.97 Å². The molecule has 0 N–H and O–H groups in total. The van der Waals surface area contributed by atoms with E-state index < -0.39 is 0 Å². The predicted molar refractivity (Wildman–Crippen MR) is 63.9 cm³/mol. The molecule has 2 aliphatic rings. The predicted octanol–water partition coefficient (Wildman–Crippen LogP) is 3.26. The lowest BCUT2D eigenvalue weighted by molar-refractivity contribution is -0.145. The highest BCUT2D eigenvalue weighted by Gasteiger charge is 2.58. The molecule has 0 aliphatic heterocycles. The first-order chi connectivity index (χ1) is 7.45. The number of ether oxygens (including phenoxy) is 1. The minimum Gasteiger partial charge on any atom is -0.466 e. The van der Waals surface area contributed by atoms with Crippen LogP contribution in [0.25, 0.3) is 0 Å². The van der Waals surface area contributed by atoms with Gasteiger partial charge in [-0.05, 0) is 49.4 Å². The molecule has 2 aliphatic carbocycles. The van der Waals surface area contributed by atoms with Crippen LogP contribution in [0.4, 0.5) is 0 Å². The van der Waals surface area contributed by atoms with E-state index in [4.69, 9.17) is 4.74 Å². The highest BCUT2D eigenvalue weighted by Crippen LogP contribution is 2.59.